The summed E-state index contributed by atoms with van der Waals surface area (Å²) in [5, 5.41) is 2.68. The molecule has 0 aliphatic heterocycles. The van der Waals surface area contributed by atoms with E-state index in [9.17, 15) is 28.8 Å². The van der Waals surface area contributed by atoms with E-state index in [0.717, 1.165) is 18.4 Å². The minimum absolute atomic E-state index is 0.0365. The lowest BCUT2D eigenvalue weighted by Gasteiger charge is -2.24. The molecule has 222 valence electrons. The molecule has 40 heavy (non-hydrogen) atoms. The summed E-state index contributed by atoms with van der Waals surface area (Å²) in [5.41, 5.74) is 11.8. The fourth-order valence-corrected chi connectivity index (χ4v) is 4.29. The zero-order valence-corrected chi connectivity index (χ0v) is 24.1. The zero-order valence-electron chi connectivity index (χ0n) is 24.1. The molecule has 2 amide bonds. The van der Waals surface area contributed by atoms with E-state index in [1.54, 1.807) is 13.8 Å². The highest BCUT2D eigenvalue weighted by Gasteiger charge is 2.29. The number of nitrogens with two attached hydrogens (primary N) is 1. The molecule has 0 saturated carbocycles. The van der Waals surface area contributed by atoms with Crippen molar-refractivity contribution in [3.8, 4) is 0 Å². The van der Waals surface area contributed by atoms with E-state index in [1.165, 1.54) is 6.92 Å². The lowest BCUT2D eigenvalue weighted by molar-refractivity contribution is -0.138. The van der Waals surface area contributed by atoms with Crippen LogP contribution in [0, 0.1) is 5.92 Å². The fraction of sp³-hybridized carbons (Fsp3) is 0.600. The predicted octanol–water partition coefficient (Wildman–Crippen LogP) is 2.52. The average molecular weight is 559 g/mol. The third-order valence-corrected chi connectivity index (χ3v) is 6.72. The smallest absolute Gasteiger partial charge is 0.239 e. The van der Waals surface area contributed by atoms with Crippen molar-refractivity contribution in [3.63, 3.8) is 0 Å². The predicted molar refractivity (Wildman–Crippen MR) is 153 cm³/mol. The van der Waals surface area contributed by atoms with Crippen molar-refractivity contribution in [2.45, 2.75) is 103 Å². The zero-order chi connectivity index (χ0) is 29.9. The minimum Gasteiger partial charge on any atom is -0.344 e. The molecule has 0 radical (unpaired) electrons. The number of benzene rings is 1. The van der Waals surface area contributed by atoms with Gasteiger partial charge in [-0.05, 0) is 57.6 Å². The highest BCUT2D eigenvalue weighted by atomic mass is 16.2. The van der Waals surface area contributed by atoms with Gasteiger partial charge in [0.15, 0.2) is 5.78 Å². The van der Waals surface area contributed by atoms with E-state index in [0.29, 0.717) is 45.1 Å². The standard InChI is InChI=1S/C30H46N4O6/c1-4-25(37)20-24(16-10-5-7-13-21(2)35)29(39)34-33-27(19-23-14-8-6-9-15-23)30(40)32-26(17-11-12-18-31)28(38)22(3)36/h6,8-9,14-15,24,26-27,33H,4-5,7,10-13,16-20,31H2,1-3H3,(H,32,40)(H,34,39)/t24?,26-,27-/m0/s1. The second-order valence-electron chi connectivity index (χ2n) is 10.2. The molecule has 1 aromatic carbocycles. The van der Waals surface area contributed by atoms with Crippen LogP contribution < -0.4 is 21.9 Å². The molecule has 1 aromatic rings. The maximum absolute atomic E-state index is 13.3. The van der Waals surface area contributed by atoms with Crippen molar-refractivity contribution in [1.82, 2.24) is 16.2 Å². The van der Waals surface area contributed by atoms with Crippen LogP contribution in [0.2, 0.25) is 0 Å². The van der Waals surface area contributed by atoms with Gasteiger partial charge in [0.25, 0.3) is 0 Å². The summed E-state index contributed by atoms with van der Waals surface area (Å²) in [5.74, 6) is -2.78. The lowest BCUT2D eigenvalue weighted by atomic mass is 9.94. The van der Waals surface area contributed by atoms with Crippen molar-refractivity contribution < 1.29 is 28.8 Å². The summed E-state index contributed by atoms with van der Waals surface area (Å²) >= 11 is 0. The number of carbonyl (C=O) groups excluding carboxylic acids is 6. The Labute approximate surface area is 237 Å². The number of rotatable bonds is 22. The summed E-state index contributed by atoms with van der Waals surface area (Å²) < 4.78 is 0. The molecule has 1 unspecified atom stereocenters. The average Bonchev–Trinajstić information content (AvgIpc) is 2.93. The molecule has 0 saturated heterocycles. The Morgan fingerprint density at radius 3 is 2.10 bits per heavy atom. The molecule has 0 aliphatic rings. The Bertz CT molecular complexity index is 982. The molecule has 3 atom stereocenters. The SMILES string of the molecule is CCC(=O)CC(CCCCCC(C)=O)C(=O)NN[C@@H](Cc1ccccc1)C(=O)N[C@@H](CCCCN)C(=O)C(C)=O. The van der Waals surface area contributed by atoms with E-state index in [4.69, 9.17) is 5.73 Å². The van der Waals surface area contributed by atoms with Gasteiger partial charge in [0.2, 0.25) is 17.6 Å². The van der Waals surface area contributed by atoms with Crippen LogP contribution >= 0.6 is 0 Å². The van der Waals surface area contributed by atoms with E-state index < -0.39 is 41.4 Å². The van der Waals surface area contributed by atoms with Crippen LogP contribution in [0.5, 0.6) is 0 Å². The topological polar surface area (TPSA) is 165 Å². The van der Waals surface area contributed by atoms with Gasteiger partial charge in [-0.15, -0.1) is 0 Å². The first kappa shape index (κ1) is 34.8. The number of carbonyl (C=O) groups is 6. The van der Waals surface area contributed by atoms with Crippen LogP contribution in [0.1, 0.15) is 90.5 Å². The van der Waals surface area contributed by atoms with Gasteiger partial charge in [0.1, 0.15) is 17.6 Å². The third-order valence-electron chi connectivity index (χ3n) is 6.72. The number of amides is 2. The van der Waals surface area contributed by atoms with E-state index in [1.807, 2.05) is 30.3 Å². The van der Waals surface area contributed by atoms with Gasteiger partial charge in [-0.1, -0.05) is 50.1 Å². The second-order valence-corrected chi connectivity index (χ2v) is 10.2. The highest BCUT2D eigenvalue weighted by Crippen LogP contribution is 2.16. The van der Waals surface area contributed by atoms with Gasteiger partial charge in [-0.3, -0.25) is 29.4 Å². The fourth-order valence-electron chi connectivity index (χ4n) is 4.29. The Morgan fingerprint density at radius 1 is 0.825 bits per heavy atom. The van der Waals surface area contributed by atoms with Crippen LogP contribution in [-0.4, -0.2) is 53.6 Å². The second kappa shape index (κ2) is 19.8. The van der Waals surface area contributed by atoms with Gasteiger partial charge in [0.05, 0.1) is 6.04 Å². The number of hydrazine groups is 1. The van der Waals surface area contributed by atoms with Gasteiger partial charge >= 0.3 is 0 Å². The first-order valence-corrected chi connectivity index (χ1v) is 14.2. The molecule has 10 nitrogen and oxygen atoms in total. The Kier molecular flexibility index (Phi) is 17.2. The maximum Gasteiger partial charge on any atom is 0.239 e. The largest absolute Gasteiger partial charge is 0.344 e. The Morgan fingerprint density at radius 2 is 1.50 bits per heavy atom. The van der Waals surface area contributed by atoms with Gasteiger partial charge in [-0.25, -0.2) is 5.43 Å². The summed E-state index contributed by atoms with van der Waals surface area (Å²) in [6.07, 6.45) is 5.24. The molecule has 0 aliphatic carbocycles. The van der Waals surface area contributed by atoms with Gasteiger partial charge < -0.3 is 15.8 Å². The van der Waals surface area contributed by atoms with Crippen LogP contribution in [0.15, 0.2) is 30.3 Å². The molecule has 0 aromatic heterocycles. The summed E-state index contributed by atoms with van der Waals surface area (Å²) in [6.45, 7) is 4.89. The minimum atomic E-state index is -0.989. The number of nitrogens with one attached hydrogen (secondary N) is 3. The van der Waals surface area contributed by atoms with E-state index in [2.05, 4.69) is 16.2 Å². The Hall–Kier alpha value is -3.24. The van der Waals surface area contributed by atoms with Crippen LogP contribution in [0.4, 0.5) is 0 Å². The molecule has 10 heteroatoms. The number of hydrogen-bond donors (Lipinski definition) is 4. The number of Topliss-reactive ketones (excluding diaryl/α,β-unsaturated/α-hetero) is 4. The van der Waals surface area contributed by atoms with Crippen molar-refractivity contribution in [2.75, 3.05) is 6.54 Å². The van der Waals surface area contributed by atoms with E-state index in [-0.39, 0.29) is 30.8 Å². The molecule has 0 bridgehead atoms. The third kappa shape index (κ3) is 14.2. The number of hydrogen-bond acceptors (Lipinski definition) is 8. The van der Waals surface area contributed by atoms with E-state index >= 15 is 0 Å². The first-order chi connectivity index (χ1) is 19.1. The summed E-state index contributed by atoms with van der Waals surface area (Å²) in [7, 11) is 0. The van der Waals surface area contributed by atoms with Crippen molar-refractivity contribution in [3.05, 3.63) is 35.9 Å². The molecule has 0 heterocycles. The monoisotopic (exact) mass is 558 g/mol. The summed E-state index contributed by atoms with van der Waals surface area (Å²) in [4.78, 5) is 74.1. The summed E-state index contributed by atoms with van der Waals surface area (Å²) in [6, 6.07) is 7.25. The molecular weight excluding hydrogens is 512 g/mol. The molecule has 0 spiro atoms. The molecule has 1 rings (SSSR count). The lowest BCUT2D eigenvalue weighted by Crippen LogP contribution is -2.56. The quantitative estimate of drug-likeness (QED) is 0.0958. The van der Waals surface area contributed by atoms with Crippen molar-refractivity contribution in [1.29, 1.82) is 0 Å². The van der Waals surface area contributed by atoms with Crippen LogP contribution in [0.3, 0.4) is 0 Å². The van der Waals surface area contributed by atoms with Gasteiger partial charge in [-0.2, -0.15) is 0 Å². The molecule has 0 fully saturated rings. The van der Waals surface area contributed by atoms with Crippen LogP contribution in [0.25, 0.3) is 0 Å². The first-order valence-electron chi connectivity index (χ1n) is 14.2. The maximum atomic E-state index is 13.3. The number of ketones is 4. The normalized spacial score (nSPS) is 13.1. The Balaban J connectivity index is 2.98. The van der Waals surface area contributed by atoms with Gasteiger partial charge in [0, 0.05) is 32.1 Å². The molecular formula is C30H46N4O6. The van der Waals surface area contributed by atoms with Crippen molar-refractivity contribution in [2.24, 2.45) is 11.7 Å². The molecule has 5 N–H and O–H groups in total. The number of unbranched alkanes of at least 4 members (excludes halogenated alkanes) is 3. The highest BCUT2D eigenvalue weighted by molar-refractivity contribution is 6.38. The van der Waals surface area contributed by atoms with Crippen molar-refractivity contribution >= 4 is 34.9 Å². The van der Waals surface area contributed by atoms with Crippen LogP contribution in [-0.2, 0) is 35.2 Å².